The predicted octanol–water partition coefficient (Wildman–Crippen LogP) is -0.601. The fourth-order valence-corrected chi connectivity index (χ4v) is 1.33. The van der Waals surface area contributed by atoms with E-state index in [9.17, 15) is 15.0 Å². The molecule has 3 atom stereocenters. The fourth-order valence-electron chi connectivity index (χ4n) is 1.33. The molecule has 1 amide bonds. The number of carbonyl (C=O) groups excluding carboxylic acids is 1. The van der Waals surface area contributed by atoms with Crippen LogP contribution >= 0.6 is 0 Å². The van der Waals surface area contributed by atoms with Gasteiger partial charge in [0.25, 0.3) is 0 Å². The van der Waals surface area contributed by atoms with E-state index in [4.69, 9.17) is 0 Å². The summed E-state index contributed by atoms with van der Waals surface area (Å²) in [7, 11) is 1.71. The Balaban J connectivity index is 4.06. The van der Waals surface area contributed by atoms with E-state index < -0.39 is 12.2 Å². The molecule has 0 aliphatic carbocycles. The number of aliphatic hydroxyl groups excluding tert-OH is 2. The molecule has 5 nitrogen and oxygen atoms in total. The first-order valence-corrected chi connectivity index (χ1v) is 5.35. The number of rotatable bonds is 7. The third-order valence-corrected chi connectivity index (χ3v) is 2.29. The molecule has 0 heterocycles. The molecule has 0 bridgehead atoms. The van der Waals surface area contributed by atoms with Crippen LogP contribution in [0.3, 0.4) is 0 Å². The second-order valence-electron chi connectivity index (χ2n) is 4.04. The van der Waals surface area contributed by atoms with E-state index in [0.717, 1.165) is 0 Å². The first-order chi connectivity index (χ1) is 7.38. The van der Waals surface area contributed by atoms with E-state index in [1.807, 2.05) is 0 Å². The lowest BCUT2D eigenvalue weighted by Gasteiger charge is -2.23. The lowest BCUT2D eigenvalue weighted by molar-refractivity contribution is -0.118. The van der Waals surface area contributed by atoms with E-state index in [-0.39, 0.29) is 18.5 Å². The van der Waals surface area contributed by atoms with Gasteiger partial charge in [0.2, 0.25) is 5.91 Å². The van der Waals surface area contributed by atoms with Crippen molar-refractivity contribution in [3.8, 4) is 0 Å². The number of likely N-dealkylation sites (N-methyl/N-ethyl adjacent to an activating group) is 1. The number of hydrogen-bond donors (Lipinski definition) is 4. The van der Waals surface area contributed by atoms with Crippen LogP contribution in [0.4, 0.5) is 0 Å². The molecular formula is C11H22N2O3. The Hall–Kier alpha value is -0.910. The highest BCUT2D eigenvalue weighted by Crippen LogP contribution is 2.02. The molecule has 94 valence electrons. The second-order valence-corrected chi connectivity index (χ2v) is 4.04. The van der Waals surface area contributed by atoms with Crippen molar-refractivity contribution >= 4 is 5.91 Å². The van der Waals surface area contributed by atoms with Crippen LogP contribution in [0.1, 0.15) is 20.3 Å². The third kappa shape index (κ3) is 5.85. The summed E-state index contributed by atoms with van der Waals surface area (Å²) in [6, 6.07) is -0.245. The molecular weight excluding hydrogens is 208 g/mol. The maximum absolute atomic E-state index is 11.2. The van der Waals surface area contributed by atoms with E-state index in [1.165, 1.54) is 0 Å². The smallest absolute Gasteiger partial charge is 0.246 e. The minimum atomic E-state index is -0.733. The molecule has 5 heteroatoms. The molecule has 4 N–H and O–H groups in total. The Bertz CT molecular complexity index is 241. The van der Waals surface area contributed by atoms with E-state index >= 15 is 0 Å². The Morgan fingerprint density at radius 2 is 2.00 bits per heavy atom. The zero-order valence-electron chi connectivity index (χ0n) is 10.2. The van der Waals surface area contributed by atoms with Crippen LogP contribution in [-0.2, 0) is 4.79 Å². The minimum absolute atomic E-state index is 0.143. The summed E-state index contributed by atoms with van der Waals surface area (Å²) >= 11 is 0. The van der Waals surface area contributed by atoms with Crippen molar-refractivity contribution < 1.29 is 15.0 Å². The summed E-state index contributed by atoms with van der Waals surface area (Å²) in [6.45, 7) is 6.90. The maximum Gasteiger partial charge on any atom is 0.246 e. The summed E-state index contributed by atoms with van der Waals surface area (Å²) in [5, 5.41) is 24.4. The van der Waals surface area contributed by atoms with Crippen molar-refractivity contribution in [2.45, 2.75) is 38.5 Å². The zero-order valence-corrected chi connectivity index (χ0v) is 10.2. The van der Waals surface area contributed by atoms with Gasteiger partial charge in [0.15, 0.2) is 0 Å². The van der Waals surface area contributed by atoms with Gasteiger partial charge < -0.3 is 20.8 Å². The van der Waals surface area contributed by atoms with Crippen LogP contribution in [-0.4, -0.2) is 48.0 Å². The average molecular weight is 230 g/mol. The van der Waals surface area contributed by atoms with Crippen LogP contribution in [0.25, 0.3) is 0 Å². The zero-order chi connectivity index (χ0) is 12.7. The largest absolute Gasteiger partial charge is 0.393 e. The fraction of sp³-hybridized carbons (Fsp3) is 0.727. The minimum Gasteiger partial charge on any atom is -0.393 e. The number of carbonyl (C=O) groups is 1. The van der Waals surface area contributed by atoms with Crippen molar-refractivity contribution in [3.63, 3.8) is 0 Å². The molecule has 3 unspecified atom stereocenters. The van der Waals surface area contributed by atoms with E-state index in [1.54, 1.807) is 20.9 Å². The molecule has 0 rings (SSSR count). The van der Waals surface area contributed by atoms with Crippen molar-refractivity contribution in [2.75, 3.05) is 13.6 Å². The van der Waals surface area contributed by atoms with Gasteiger partial charge in [-0.25, -0.2) is 0 Å². The first kappa shape index (κ1) is 15.1. The molecule has 16 heavy (non-hydrogen) atoms. The summed E-state index contributed by atoms with van der Waals surface area (Å²) in [6.07, 6.45) is -0.799. The van der Waals surface area contributed by atoms with Gasteiger partial charge in [-0.1, -0.05) is 6.58 Å². The van der Waals surface area contributed by atoms with Gasteiger partial charge in [-0.05, 0) is 27.3 Å². The van der Waals surface area contributed by atoms with Gasteiger partial charge >= 0.3 is 0 Å². The topological polar surface area (TPSA) is 81.6 Å². The molecule has 0 aromatic heterocycles. The Kier molecular flexibility index (Phi) is 6.96. The SMILES string of the molecule is C=C(C)C(=O)NCC(O)C(CC(C)O)NC. The van der Waals surface area contributed by atoms with Crippen molar-refractivity contribution in [1.29, 1.82) is 0 Å². The maximum atomic E-state index is 11.2. The molecule has 0 saturated heterocycles. The Morgan fingerprint density at radius 3 is 2.38 bits per heavy atom. The van der Waals surface area contributed by atoms with Crippen LogP contribution < -0.4 is 10.6 Å². The van der Waals surface area contributed by atoms with Crippen LogP contribution in [0.5, 0.6) is 0 Å². The second kappa shape index (κ2) is 7.38. The Labute approximate surface area is 96.5 Å². The monoisotopic (exact) mass is 230 g/mol. The van der Waals surface area contributed by atoms with Crippen molar-refractivity contribution in [3.05, 3.63) is 12.2 Å². The Morgan fingerprint density at radius 1 is 1.44 bits per heavy atom. The molecule has 0 radical (unpaired) electrons. The average Bonchev–Trinajstić information content (AvgIpc) is 2.21. The molecule has 0 aliphatic rings. The summed E-state index contributed by atoms with van der Waals surface area (Å²) in [5.41, 5.74) is 0.406. The number of amides is 1. The highest BCUT2D eigenvalue weighted by molar-refractivity contribution is 5.92. The highest BCUT2D eigenvalue weighted by atomic mass is 16.3. The lowest BCUT2D eigenvalue weighted by atomic mass is 10.0. The van der Waals surface area contributed by atoms with Crippen molar-refractivity contribution in [1.82, 2.24) is 10.6 Å². The highest BCUT2D eigenvalue weighted by Gasteiger charge is 2.19. The standard InChI is InChI=1S/C11H22N2O3/c1-7(2)11(16)13-6-10(15)9(12-4)5-8(3)14/h8-10,12,14-15H,1,5-6H2,2-4H3,(H,13,16). The third-order valence-electron chi connectivity index (χ3n) is 2.29. The molecule has 0 aliphatic heterocycles. The quantitative estimate of drug-likeness (QED) is 0.440. The van der Waals surface area contributed by atoms with E-state index in [2.05, 4.69) is 17.2 Å². The number of hydrogen-bond acceptors (Lipinski definition) is 4. The van der Waals surface area contributed by atoms with Gasteiger partial charge in [0.05, 0.1) is 12.2 Å². The molecule has 0 aromatic carbocycles. The van der Waals surface area contributed by atoms with E-state index in [0.29, 0.717) is 12.0 Å². The van der Waals surface area contributed by atoms with Crippen LogP contribution in [0.2, 0.25) is 0 Å². The molecule has 0 fully saturated rings. The normalized spacial score (nSPS) is 16.3. The van der Waals surface area contributed by atoms with Gasteiger partial charge in [-0.2, -0.15) is 0 Å². The number of nitrogens with one attached hydrogen (secondary N) is 2. The van der Waals surface area contributed by atoms with Crippen LogP contribution in [0.15, 0.2) is 12.2 Å². The molecule has 0 saturated carbocycles. The number of aliphatic hydroxyl groups is 2. The first-order valence-electron chi connectivity index (χ1n) is 5.35. The van der Waals surface area contributed by atoms with Crippen molar-refractivity contribution in [2.24, 2.45) is 0 Å². The predicted molar refractivity (Wildman–Crippen MR) is 63.0 cm³/mol. The van der Waals surface area contributed by atoms with Crippen LogP contribution in [0, 0.1) is 0 Å². The van der Waals surface area contributed by atoms with Gasteiger partial charge in [0, 0.05) is 18.2 Å². The summed E-state index contributed by atoms with van der Waals surface area (Å²) in [5.74, 6) is -0.272. The van der Waals surface area contributed by atoms with Gasteiger partial charge in [-0.3, -0.25) is 4.79 Å². The van der Waals surface area contributed by atoms with Gasteiger partial charge in [0.1, 0.15) is 0 Å². The molecule has 0 spiro atoms. The molecule has 0 aromatic rings. The summed E-state index contributed by atoms with van der Waals surface area (Å²) < 4.78 is 0. The van der Waals surface area contributed by atoms with Gasteiger partial charge in [-0.15, -0.1) is 0 Å². The summed E-state index contributed by atoms with van der Waals surface area (Å²) in [4.78, 5) is 11.2. The lowest BCUT2D eigenvalue weighted by Crippen LogP contribution is -2.46.